The fourth-order valence-electron chi connectivity index (χ4n) is 2.34. The van der Waals surface area contributed by atoms with Gasteiger partial charge >= 0.3 is 7.82 Å². The molecule has 0 spiro atoms. The highest BCUT2D eigenvalue weighted by molar-refractivity contribution is 7.46. The highest BCUT2D eigenvalue weighted by Crippen LogP contribution is 2.37. The normalized spacial score (nSPS) is 25.9. The van der Waals surface area contributed by atoms with Crippen molar-refractivity contribution < 1.29 is 28.7 Å². The second-order valence-corrected chi connectivity index (χ2v) is 6.04. The van der Waals surface area contributed by atoms with E-state index in [2.05, 4.69) is 19.5 Å². The molecule has 5 N–H and O–H groups in total. The molecule has 0 bridgehead atoms. The van der Waals surface area contributed by atoms with Gasteiger partial charge in [0, 0.05) is 0 Å². The monoisotopic (exact) mass is 331 g/mol. The van der Waals surface area contributed by atoms with Crippen LogP contribution < -0.4 is 5.73 Å². The lowest BCUT2D eigenvalue weighted by Crippen LogP contribution is -2.31. The van der Waals surface area contributed by atoms with Crippen LogP contribution >= 0.6 is 7.82 Å². The number of aromatic nitrogens is 4. The number of fused-ring (bicyclic) bond motifs is 1. The molecule has 1 saturated heterocycles. The van der Waals surface area contributed by atoms with Gasteiger partial charge < -0.3 is 29.9 Å². The van der Waals surface area contributed by atoms with Crippen molar-refractivity contribution in [3.05, 3.63) is 12.7 Å². The molecule has 12 heteroatoms. The summed E-state index contributed by atoms with van der Waals surface area (Å²) in [6.07, 6.45) is 0.834. The van der Waals surface area contributed by atoms with Gasteiger partial charge in [0.15, 0.2) is 11.5 Å². The van der Waals surface area contributed by atoms with Gasteiger partial charge in [0.1, 0.15) is 24.1 Å². The maximum atomic E-state index is 10.7. The first-order chi connectivity index (χ1) is 10.4. The van der Waals surface area contributed by atoms with Crippen LogP contribution in [0.3, 0.4) is 0 Å². The van der Waals surface area contributed by atoms with E-state index < -0.39 is 32.7 Å². The molecule has 2 aromatic rings. The molecular formula is C10H14N5O6P. The molecule has 120 valence electrons. The lowest BCUT2D eigenvalue weighted by molar-refractivity contribution is 0.00170. The minimum Gasteiger partial charge on any atom is -0.388 e. The third-order valence-corrected chi connectivity index (χ3v) is 3.89. The van der Waals surface area contributed by atoms with Crippen LogP contribution in [0.2, 0.25) is 0 Å². The molecule has 0 amide bonds. The summed E-state index contributed by atoms with van der Waals surface area (Å²) in [6.45, 7) is -0.308. The zero-order valence-electron chi connectivity index (χ0n) is 11.2. The summed E-state index contributed by atoms with van der Waals surface area (Å²) < 4.78 is 22.0. The van der Waals surface area contributed by atoms with Gasteiger partial charge in [-0.2, -0.15) is 0 Å². The average molecular weight is 331 g/mol. The zero-order valence-corrected chi connectivity index (χ0v) is 12.1. The standard InChI is InChI=1S/C10H14N5O6P/c11-9-7-10(13-3-12-9)15(4-14-7)5-1-20-6(8(5)16)2-21-22(17,18)19/h3-6,8,16H,1-2H2,(H2,11,12,13)(H2,17,18,19). The number of aliphatic hydroxyl groups is 1. The lowest BCUT2D eigenvalue weighted by Gasteiger charge is -2.18. The molecule has 0 saturated carbocycles. The first kappa shape index (κ1) is 15.3. The molecule has 3 atom stereocenters. The summed E-state index contributed by atoms with van der Waals surface area (Å²) in [4.78, 5) is 29.4. The Bertz CT molecular complexity index is 732. The van der Waals surface area contributed by atoms with Crippen LogP contribution in [-0.4, -0.2) is 59.8 Å². The van der Waals surface area contributed by atoms with Gasteiger partial charge in [0.2, 0.25) is 0 Å². The second kappa shape index (κ2) is 5.54. The maximum absolute atomic E-state index is 10.7. The Morgan fingerprint density at radius 2 is 2.23 bits per heavy atom. The predicted octanol–water partition coefficient (Wildman–Crippen LogP) is -1.18. The van der Waals surface area contributed by atoms with Crippen LogP contribution in [0.4, 0.5) is 5.82 Å². The third kappa shape index (κ3) is 2.82. The maximum Gasteiger partial charge on any atom is 0.469 e. The highest BCUT2D eigenvalue weighted by atomic mass is 31.2. The van der Waals surface area contributed by atoms with Crippen LogP contribution in [0.1, 0.15) is 6.04 Å². The number of anilines is 1. The van der Waals surface area contributed by atoms with E-state index >= 15 is 0 Å². The number of imidazole rings is 1. The molecule has 11 nitrogen and oxygen atoms in total. The van der Waals surface area contributed by atoms with Gasteiger partial charge in [-0.1, -0.05) is 0 Å². The van der Waals surface area contributed by atoms with E-state index in [1.54, 1.807) is 4.57 Å². The molecule has 0 aliphatic carbocycles. The minimum absolute atomic E-state index is 0.117. The van der Waals surface area contributed by atoms with E-state index in [4.69, 9.17) is 20.3 Å². The second-order valence-electron chi connectivity index (χ2n) is 4.80. The number of nitrogen functional groups attached to an aromatic ring is 1. The first-order valence-corrected chi connectivity index (χ1v) is 7.82. The van der Waals surface area contributed by atoms with Crippen LogP contribution in [0.5, 0.6) is 0 Å². The van der Waals surface area contributed by atoms with Gasteiger partial charge in [0.05, 0.1) is 25.6 Å². The fraction of sp³-hybridized carbons (Fsp3) is 0.500. The van der Waals surface area contributed by atoms with Crippen LogP contribution in [0, 0.1) is 0 Å². The van der Waals surface area contributed by atoms with E-state index in [0.29, 0.717) is 11.2 Å². The van der Waals surface area contributed by atoms with E-state index in [0.717, 1.165) is 0 Å². The summed E-state index contributed by atoms with van der Waals surface area (Å²) in [5, 5.41) is 10.3. The van der Waals surface area contributed by atoms with E-state index in [1.807, 2.05) is 0 Å². The van der Waals surface area contributed by atoms with Gasteiger partial charge in [-0.05, 0) is 0 Å². The van der Waals surface area contributed by atoms with Crippen LogP contribution in [-0.2, 0) is 13.8 Å². The van der Waals surface area contributed by atoms with Gasteiger partial charge in [-0.15, -0.1) is 0 Å². The van der Waals surface area contributed by atoms with Crippen molar-refractivity contribution in [1.29, 1.82) is 0 Å². The molecule has 0 aromatic carbocycles. The number of aliphatic hydroxyl groups excluding tert-OH is 1. The Labute approximate surface area is 124 Å². The number of nitrogens with two attached hydrogens (primary N) is 1. The van der Waals surface area contributed by atoms with Gasteiger partial charge in [-0.3, -0.25) is 4.52 Å². The summed E-state index contributed by atoms with van der Waals surface area (Å²) in [7, 11) is -4.62. The minimum atomic E-state index is -4.62. The molecule has 0 radical (unpaired) electrons. The number of hydrogen-bond donors (Lipinski definition) is 4. The molecule has 1 aliphatic heterocycles. The summed E-state index contributed by atoms with van der Waals surface area (Å²) in [5.41, 5.74) is 6.55. The van der Waals surface area contributed by atoms with E-state index in [1.165, 1.54) is 12.7 Å². The Kier molecular flexibility index (Phi) is 3.85. The number of ether oxygens (including phenoxy) is 1. The van der Waals surface area contributed by atoms with Gasteiger partial charge in [0.25, 0.3) is 0 Å². The fourth-order valence-corrected chi connectivity index (χ4v) is 2.68. The van der Waals surface area contributed by atoms with E-state index in [9.17, 15) is 9.67 Å². The quantitative estimate of drug-likeness (QED) is 0.501. The van der Waals surface area contributed by atoms with Crippen molar-refractivity contribution >= 4 is 24.8 Å². The van der Waals surface area contributed by atoms with Crippen molar-refractivity contribution in [1.82, 2.24) is 19.5 Å². The Balaban J connectivity index is 1.81. The topological polar surface area (TPSA) is 166 Å². The number of phosphoric ester groups is 1. The number of hydrogen-bond acceptors (Lipinski definition) is 8. The van der Waals surface area contributed by atoms with Crippen molar-refractivity contribution in [2.45, 2.75) is 18.2 Å². The summed E-state index contributed by atoms with van der Waals surface area (Å²) in [6, 6.07) is -0.523. The third-order valence-electron chi connectivity index (χ3n) is 3.41. The molecular weight excluding hydrogens is 317 g/mol. The first-order valence-electron chi connectivity index (χ1n) is 6.29. The predicted molar refractivity (Wildman–Crippen MR) is 72.5 cm³/mol. The summed E-state index contributed by atoms with van der Waals surface area (Å²) in [5.74, 6) is 0.221. The Morgan fingerprint density at radius 3 is 2.95 bits per heavy atom. The zero-order chi connectivity index (χ0) is 15.9. The number of rotatable bonds is 4. The van der Waals surface area contributed by atoms with Crippen LogP contribution in [0.15, 0.2) is 12.7 Å². The van der Waals surface area contributed by atoms with Crippen molar-refractivity contribution in [2.24, 2.45) is 0 Å². The van der Waals surface area contributed by atoms with Crippen molar-refractivity contribution in [3.8, 4) is 0 Å². The Hall–Kier alpha value is -1.62. The number of phosphoric acid groups is 1. The molecule has 2 aromatic heterocycles. The lowest BCUT2D eigenvalue weighted by atomic mass is 10.1. The van der Waals surface area contributed by atoms with Crippen molar-refractivity contribution in [3.63, 3.8) is 0 Å². The molecule has 22 heavy (non-hydrogen) atoms. The summed E-state index contributed by atoms with van der Waals surface area (Å²) >= 11 is 0. The van der Waals surface area contributed by atoms with Crippen LogP contribution in [0.25, 0.3) is 11.2 Å². The molecule has 3 heterocycles. The molecule has 3 unspecified atom stereocenters. The smallest absolute Gasteiger partial charge is 0.388 e. The van der Waals surface area contributed by atoms with Gasteiger partial charge in [-0.25, -0.2) is 19.5 Å². The molecule has 3 rings (SSSR count). The Morgan fingerprint density at radius 1 is 1.45 bits per heavy atom. The SMILES string of the molecule is Nc1ncnc2c1ncn2C1COC(COP(=O)(O)O)C1O. The average Bonchev–Trinajstić information content (AvgIpc) is 3.00. The van der Waals surface area contributed by atoms with Crippen molar-refractivity contribution in [2.75, 3.05) is 18.9 Å². The molecule has 1 aliphatic rings. The highest BCUT2D eigenvalue weighted by Gasteiger charge is 2.39. The molecule has 1 fully saturated rings. The number of nitrogens with zero attached hydrogens (tertiary/aromatic N) is 4. The van der Waals surface area contributed by atoms with E-state index in [-0.39, 0.29) is 12.4 Å². The largest absolute Gasteiger partial charge is 0.469 e.